The highest BCUT2D eigenvalue weighted by atomic mass is 16.7. The van der Waals surface area contributed by atoms with Crippen LogP contribution >= 0.6 is 0 Å². The van der Waals surface area contributed by atoms with Crippen LogP contribution in [0.4, 0.5) is 5.69 Å². The Morgan fingerprint density at radius 3 is 2.32 bits per heavy atom. The topological polar surface area (TPSA) is 81.9 Å². The molecule has 1 heterocycles. The molecule has 1 aliphatic rings. The molecule has 0 spiro atoms. The van der Waals surface area contributed by atoms with Crippen LogP contribution in [-0.4, -0.2) is 43.3 Å². The van der Waals surface area contributed by atoms with E-state index in [-0.39, 0.29) is 11.5 Å². The van der Waals surface area contributed by atoms with E-state index >= 15 is 0 Å². The number of methoxy groups -OCH3 is 2. The Kier molecular flexibility index (Phi) is 3.55. The number of hydrogen-bond acceptors (Lipinski definition) is 5. The third-order valence-corrected chi connectivity index (χ3v) is 3.24. The smallest absolute Gasteiger partial charge is 0.264 e. The predicted molar refractivity (Wildman–Crippen MR) is 68.6 cm³/mol. The number of fused-ring (bicyclic) bond motifs is 1. The summed E-state index contributed by atoms with van der Waals surface area (Å²) in [5.41, 5.74) is 6.65. The largest absolute Gasteiger partial charge is 0.398 e. The number of ether oxygens (including phenoxy) is 2. The Morgan fingerprint density at radius 1 is 1.16 bits per heavy atom. The van der Waals surface area contributed by atoms with Gasteiger partial charge in [0, 0.05) is 19.9 Å². The lowest BCUT2D eigenvalue weighted by molar-refractivity contribution is -0.131. The predicted octanol–water partition coefficient (Wildman–Crippen LogP) is 0.872. The first kappa shape index (κ1) is 13.5. The van der Waals surface area contributed by atoms with E-state index in [1.807, 2.05) is 0 Å². The molecule has 0 bridgehead atoms. The molecule has 0 saturated carbocycles. The van der Waals surface area contributed by atoms with E-state index in [1.165, 1.54) is 14.2 Å². The lowest BCUT2D eigenvalue weighted by Gasteiger charge is -2.28. The quantitative estimate of drug-likeness (QED) is 0.496. The number of carbonyl (C=O) groups excluding carboxylic acids is 2. The second-order valence-electron chi connectivity index (χ2n) is 4.33. The highest BCUT2D eigenvalue weighted by molar-refractivity contribution is 6.23. The zero-order chi connectivity index (χ0) is 14.2. The van der Waals surface area contributed by atoms with Crippen molar-refractivity contribution in [1.29, 1.82) is 0 Å². The monoisotopic (exact) mass is 264 g/mol. The van der Waals surface area contributed by atoms with Gasteiger partial charge in [0.05, 0.1) is 17.2 Å². The van der Waals surface area contributed by atoms with Crippen LogP contribution in [0.2, 0.25) is 0 Å². The number of carbonyl (C=O) groups is 2. The van der Waals surface area contributed by atoms with Crippen molar-refractivity contribution in [3.8, 4) is 0 Å². The van der Waals surface area contributed by atoms with E-state index < -0.39 is 18.2 Å². The molecule has 1 atom stereocenters. The van der Waals surface area contributed by atoms with Crippen LogP contribution in [0.15, 0.2) is 18.2 Å². The molecule has 0 aliphatic carbocycles. The Bertz CT molecular complexity index is 525. The molecule has 6 nitrogen and oxygen atoms in total. The molecule has 1 aromatic rings. The van der Waals surface area contributed by atoms with Gasteiger partial charge >= 0.3 is 0 Å². The molecule has 0 aromatic heterocycles. The lowest BCUT2D eigenvalue weighted by Crippen LogP contribution is -2.46. The van der Waals surface area contributed by atoms with E-state index in [4.69, 9.17) is 15.2 Å². The van der Waals surface area contributed by atoms with Gasteiger partial charge in [0.25, 0.3) is 11.8 Å². The van der Waals surface area contributed by atoms with Gasteiger partial charge in [0.15, 0.2) is 6.29 Å². The van der Waals surface area contributed by atoms with Gasteiger partial charge in [-0.3, -0.25) is 14.5 Å². The Hall–Kier alpha value is -1.92. The van der Waals surface area contributed by atoms with Gasteiger partial charge < -0.3 is 15.2 Å². The van der Waals surface area contributed by atoms with E-state index in [2.05, 4.69) is 0 Å². The highest BCUT2D eigenvalue weighted by Crippen LogP contribution is 2.29. The molecule has 19 heavy (non-hydrogen) atoms. The average Bonchev–Trinajstić information content (AvgIpc) is 2.64. The normalized spacial score (nSPS) is 16.1. The minimum atomic E-state index is -0.677. The molecule has 2 amide bonds. The van der Waals surface area contributed by atoms with E-state index in [9.17, 15) is 9.59 Å². The SMILES string of the molecule is COC(OC)C(C)N1C(=O)c2cccc(N)c2C1=O. The number of imide groups is 1. The van der Waals surface area contributed by atoms with Crippen molar-refractivity contribution < 1.29 is 19.1 Å². The molecule has 102 valence electrons. The molecule has 1 unspecified atom stereocenters. The molecule has 1 aliphatic heterocycles. The summed E-state index contributed by atoms with van der Waals surface area (Å²) in [7, 11) is 2.91. The number of hydrogen-bond donors (Lipinski definition) is 1. The van der Waals surface area contributed by atoms with Crippen LogP contribution in [0, 0.1) is 0 Å². The summed E-state index contributed by atoms with van der Waals surface area (Å²) >= 11 is 0. The number of benzene rings is 1. The maximum Gasteiger partial charge on any atom is 0.264 e. The van der Waals surface area contributed by atoms with Crippen molar-refractivity contribution in [2.24, 2.45) is 0 Å². The molecule has 0 fully saturated rings. The van der Waals surface area contributed by atoms with E-state index in [1.54, 1.807) is 25.1 Å². The number of nitrogen functional groups attached to an aromatic ring is 1. The van der Waals surface area contributed by atoms with Gasteiger partial charge in [0.2, 0.25) is 0 Å². The number of rotatable bonds is 4. The fraction of sp³-hybridized carbons (Fsp3) is 0.385. The van der Waals surface area contributed by atoms with Gasteiger partial charge in [0.1, 0.15) is 0 Å². The maximum atomic E-state index is 12.3. The van der Waals surface area contributed by atoms with Gasteiger partial charge in [-0.15, -0.1) is 0 Å². The average molecular weight is 264 g/mol. The van der Waals surface area contributed by atoms with Crippen LogP contribution in [0.25, 0.3) is 0 Å². The maximum absolute atomic E-state index is 12.3. The fourth-order valence-corrected chi connectivity index (χ4v) is 2.31. The minimum Gasteiger partial charge on any atom is -0.398 e. The Labute approximate surface area is 111 Å². The molecular formula is C13H16N2O4. The van der Waals surface area contributed by atoms with Crippen molar-refractivity contribution in [2.45, 2.75) is 19.3 Å². The first-order chi connectivity index (χ1) is 9.02. The van der Waals surface area contributed by atoms with Crippen molar-refractivity contribution in [3.63, 3.8) is 0 Å². The Morgan fingerprint density at radius 2 is 1.79 bits per heavy atom. The van der Waals surface area contributed by atoms with Crippen molar-refractivity contribution >= 4 is 17.5 Å². The number of amides is 2. The summed E-state index contributed by atoms with van der Waals surface area (Å²) in [5.74, 6) is -0.788. The van der Waals surface area contributed by atoms with Gasteiger partial charge in [-0.05, 0) is 19.1 Å². The van der Waals surface area contributed by atoms with Crippen LogP contribution in [0.1, 0.15) is 27.6 Å². The zero-order valence-corrected chi connectivity index (χ0v) is 11.0. The fourth-order valence-electron chi connectivity index (χ4n) is 2.31. The molecule has 6 heteroatoms. The first-order valence-electron chi connectivity index (χ1n) is 5.84. The minimum absolute atomic E-state index is 0.255. The van der Waals surface area contributed by atoms with Crippen molar-refractivity contribution in [3.05, 3.63) is 29.3 Å². The van der Waals surface area contributed by atoms with Gasteiger partial charge in [-0.25, -0.2) is 0 Å². The third-order valence-electron chi connectivity index (χ3n) is 3.24. The van der Waals surface area contributed by atoms with E-state index in [0.29, 0.717) is 11.3 Å². The van der Waals surface area contributed by atoms with E-state index in [0.717, 1.165) is 4.90 Å². The van der Waals surface area contributed by atoms with Crippen LogP contribution in [-0.2, 0) is 9.47 Å². The summed E-state index contributed by atoms with van der Waals surface area (Å²) in [5, 5.41) is 0. The van der Waals surface area contributed by atoms with Crippen LogP contribution < -0.4 is 5.73 Å². The van der Waals surface area contributed by atoms with Crippen molar-refractivity contribution in [2.75, 3.05) is 20.0 Å². The second kappa shape index (κ2) is 4.99. The van der Waals surface area contributed by atoms with Crippen LogP contribution in [0.3, 0.4) is 0 Å². The molecular weight excluding hydrogens is 248 g/mol. The van der Waals surface area contributed by atoms with Crippen LogP contribution in [0.5, 0.6) is 0 Å². The third kappa shape index (κ3) is 1.98. The first-order valence-corrected chi connectivity index (χ1v) is 5.84. The van der Waals surface area contributed by atoms with Gasteiger partial charge in [-0.2, -0.15) is 0 Å². The number of nitrogens with zero attached hydrogens (tertiary/aromatic N) is 1. The summed E-state index contributed by atoms with van der Waals surface area (Å²) in [6.07, 6.45) is -0.677. The molecule has 0 saturated heterocycles. The second-order valence-corrected chi connectivity index (χ2v) is 4.33. The Balaban J connectivity index is 2.40. The summed E-state index contributed by atoms with van der Waals surface area (Å²) in [4.78, 5) is 25.7. The summed E-state index contributed by atoms with van der Waals surface area (Å²) in [6, 6.07) is 4.30. The molecule has 2 rings (SSSR count). The lowest BCUT2D eigenvalue weighted by atomic mass is 10.1. The van der Waals surface area contributed by atoms with Crippen molar-refractivity contribution in [1.82, 2.24) is 4.90 Å². The number of nitrogens with two attached hydrogens (primary N) is 1. The summed E-state index contributed by atoms with van der Waals surface area (Å²) in [6.45, 7) is 1.69. The zero-order valence-electron chi connectivity index (χ0n) is 11.0. The molecule has 2 N–H and O–H groups in total. The summed E-state index contributed by atoms with van der Waals surface area (Å²) < 4.78 is 10.2. The number of anilines is 1. The highest BCUT2D eigenvalue weighted by Gasteiger charge is 2.42. The standard InChI is InChI=1S/C13H16N2O4/c1-7(13(18-2)19-3)15-11(16)8-5-4-6-9(14)10(8)12(15)17/h4-7,13H,14H2,1-3H3. The van der Waals surface area contributed by atoms with Gasteiger partial charge in [-0.1, -0.05) is 6.07 Å². The molecule has 1 aromatic carbocycles. The molecule has 0 radical (unpaired) electrons.